The van der Waals surface area contributed by atoms with Gasteiger partial charge in [-0.3, -0.25) is 0 Å². The zero-order valence-corrected chi connectivity index (χ0v) is 14.6. The molecular weight excluding hydrogens is 260 g/mol. The first kappa shape index (κ1) is 17.9. The van der Waals surface area contributed by atoms with Gasteiger partial charge in [0.05, 0.1) is 0 Å². The SMILES string of the molecule is CNCc1cnc(N(CCC(C)C)CCC(C)C)nc1C. The average Bonchev–Trinajstić information content (AvgIpc) is 2.41. The molecule has 0 fully saturated rings. The summed E-state index contributed by atoms with van der Waals surface area (Å²) < 4.78 is 0. The van der Waals surface area contributed by atoms with Crippen LogP contribution in [-0.2, 0) is 6.54 Å². The molecule has 0 aliphatic heterocycles. The van der Waals surface area contributed by atoms with Crippen molar-refractivity contribution in [3.05, 3.63) is 17.5 Å². The molecule has 1 N–H and O–H groups in total. The van der Waals surface area contributed by atoms with Crippen LogP contribution in [0.15, 0.2) is 6.20 Å². The van der Waals surface area contributed by atoms with Crippen LogP contribution < -0.4 is 10.2 Å². The van der Waals surface area contributed by atoms with Crippen LogP contribution in [-0.4, -0.2) is 30.1 Å². The third kappa shape index (κ3) is 6.42. The van der Waals surface area contributed by atoms with E-state index in [0.717, 1.165) is 31.3 Å². The topological polar surface area (TPSA) is 41.1 Å². The van der Waals surface area contributed by atoms with E-state index >= 15 is 0 Å². The fraction of sp³-hybridized carbons (Fsp3) is 0.765. The van der Waals surface area contributed by atoms with E-state index in [4.69, 9.17) is 4.98 Å². The molecule has 0 radical (unpaired) electrons. The summed E-state index contributed by atoms with van der Waals surface area (Å²) in [5.41, 5.74) is 2.25. The minimum Gasteiger partial charge on any atom is -0.341 e. The smallest absolute Gasteiger partial charge is 0.225 e. The molecule has 21 heavy (non-hydrogen) atoms. The summed E-state index contributed by atoms with van der Waals surface area (Å²) in [5.74, 6) is 2.29. The minimum atomic E-state index is 0.705. The monoisotopic (exact) mass is 292 g/mol. The lowest BCUT2D eigenvalue weighted by atomic mass is 10.1. The molecule has 1 aromatic heterocycles. The van der Waals surface area contributed by atoms with Gasteiger partial charge < -0.3 is 10.2 Å². The Kier molecular flexibility index (Phi) is 7.65. The highest BCUT2D eigenvalue weighted by atomic mass is 15.2. The highest BCUT2D eigenvalue weighted by Gasteiger charge is 2.12. The van der Waals surface area contributed by atoms with Crippen LogP contribution in [0.1, 0.15) is 51.8 Å². The third-order valence-electron chi connectivity index (χ3n) is 3.67. The van der Waals surface area contributed by atoms with E-state index in [0.29, 0.717) is 11.8 Å². The second kappa shape index (κ2) is 8.98. The van der Waals surface area contributed by atoms with Crippen LogP contribution in [0.5, 0.6) is 0 Å². The Morgan fingerprint density at radius 3 is 2.10 bits per heavy atom. The van der Waals surface area contributed by atoms with Gasteiger partial charge in [0.25, 0.3) is 0 Å². The summed E-state index contributed by atoms with van der Waals surface area (Å²) in [5, 5.41) is 3.16. The van der Waals surface area contributed by atoms with Crippen molar-refractivity contribution in [3.63, 3.8) is 0 Å². The van der Waals surface area contributed by atoms with Crippen molar-refractivity contribution in [1.29, 1.82) is 0 Å². The molecule has 4 heteroatoms. The molecule has 4 nitrogen and oxygen atoms in total. The molecular formula is C17H32N4. The van der Waals surface area contributed by atoms with Crippen molar-refractivity contribution in [2.75, 3.05) is 25.0 Å². The minimum absolute atomic E-state index is 0.705. The van der Waals surface area contributed by atoms with E-state index in [1.165, 1.54) is 18.4 Å². The number of aryl methyl sites for hydroxylation is 1. The van der Waals surface area contributed by atoms with Crippen molar-refractivity contribution >= 4 is 5.95 Å². The lowest BCUT2D eigenvalue weighted by Gasteiger charge is -2.25. The Labute approximate surface area is 130 Å². The predicted molar refractivity (Wildman–Crippen MR) is 90.7 cm³/mol. The van der Waals surface area contributed by atoms with E-state index in [9.17, 15) is 0 Å². The first-order chi connectivity index (χ1) is 9.93. The van der Waals surface area contributed by atoms with Crippen molar-refractivity contribution in [2.45, 2.75) is 54.0 Å². The largest absolute Gasteiger partial charge is 0.341 e. The molecule has 0 aromatic carbocycles. The summed E-state index contributed by atoms with van der Waals surface area (Å²) in [6.07, 6.45) is 4.32. The normalized spacial score (nSPS) is 11.4. The lowest BCUT2D eigenvalue weighted by Crippen LogP contribution is -2.29. The second-order valence-electron chi connectivity index (χ2n) is 6.66. The van der Waals surface area contributed by atoms with Crippen molar-refractivity contribution < 1.29 is 0 Å². The van der Waals surface area contributed by atoms with Crippen molar-refractivity contribution in [3.8, 4) is 0 Å². The van der Waals surface area contributed by atoms with Gasteiger partial charge in [0.2, 0.25) is 5.95 Å². The zero-order valence-electron chi connectivity index (χ0n) is 14.6. The van der Waals surface area contributed by atoms with Crippen LogP contribution in [0.25, 0.3) is 0 Å². The van der Waals surface area contributed by atoms with E-state index in [1.807, 2.05) is 13.2 Å². The third-order valence-corrected chi connectivity index (χ3v) is 3.67. The maximum Gasteiger partial charge on any atom is 0.225 e. The fourth-order valence-electron chi connectivity index (χ4n) is 2.14. The number of hydrogen-bond acceptors (Lipinski definition) is 4. The van der Waals surface area contributed by atoms with E-state index in [-0.39, 0.29) is 0 Å². The summed E-state index contributed by atoms with van der Waals surface area (Å²) in [4.78, 5) is 11.7. The standard InChI is InChI=1S/C17H32N4/c1-13(2)7-9-21(10-8-14(3)4)17-19-12-16(11-18-6)15(5)20-17/h12-14,18H,7-11H2,1-6H3. The summed E-state index contributed by atoms with van der Waals surface area (Å²) in [6.45, 7) is 14.0. The molecule has 0 aliphatic rings. The van der Waals surface area contributed by atoms with Crippen LogP contribution in [0.2, 0.25) is 0 Å². The van der Waals surface area contributed by atoms with Crippen LogP contribution >= 0.6 is 0 Å². The molecule has 0 saturated heterocycles. The Hall–Kier alpha value is -1.16. The van der Waals surface area contributed by atoms with Gasteiger partial charge in [0.15, 0.2) is 0 Å². The van der Waals surface area contributed by atoms with Crippen LogP contribution in [0, 0.1) is 18.8 Å². The van der Waals surface area contributed by atoms with E-state index < -0.39 is 0 Å². The molecule has 1 aromatic rings. The Morgan fingerprint density at radius 1 is 1.10 bits per heavy atom. The van der Waals surface area contributed by atoms with Crippen LogP contribution in [0.3, 0.4) is 0 Å². The number of hydrogen-bond donors (Lipinski definition) is 1. The molecule has 1 heterocycles. The van der Waals surface area contributed by atoms with Gasteiger partial charge in [-0.15, -0.1) is 0 Å². The lowest BCUT2D eigenvalue weighted by molar-refractivity contribution is 0.529. The maximum absolute atomic E-state index is 4.72. The quantitative estimate of drug-likeness (QED) is 0.757. The zero-order chi connectivity index (χ0) is 15.8. The molecule has 0 atom stereocenters. The Bertz CT molecular complexity index is 403. The van der Waals surface area contributed by atoms with Gasteiger partial charge in [-0.2, -0.15) is 0 Å². The number of nitrogens with one attached hydrogen (secondary N) is 1. The molecule has 1 rings (SSSR count). The van der Waals surface area contributed by atoms with Gasteiger partial charge in [-0.05, 0) is 38.6 Å². The Balaban J connectivity index is 2.82. The molecule has 120 valence electrons. The summed E-state index contributed by atoms with van der Waals surface area (Å²) >= 11 is 0. The highest BCUT2D eigenvalue weighted by molar-refractivity contribution is 5.32. The summed E-state index contributed by atoms with van der Waals surface area (Å²) in [6, 6.07) is 0. The molecule has 0 aliphatic carbocycles. The summed E-state index contributed by atoms with van der Waals surface area (Å²) in [7, 11) is 1.95. The average molecular weight is 292 g/mol. The highest BCUT2D eigenvalue weighted by Crippen LogP contribution is 2.15. The van der Waals surface area contributed by atoms with Crippen molar-refractivity contribution in [2.24, 2.45) is 11.8 Å². The van der Waals surface area contributed by atoms with Crippen LogP contribution in [0.4, 0.5) is 5.95 Å². The van der Waals surface area contributed by atoms with E-state index in [2.05, 4.69) is 49.8 Å². The maximum atomic E-state index is 4.72. The molecule has 0 saturated carbocycles. The van der Waals surface area contributed by atoms with Gasteiger partial charge in [-0.25, -0.2) is 9.97 Å². The number of aromatic nitrogens is 2. The van der Waals surface area contributed by atoms with Gasteiger partial charge >= 0.3 is 0 Å². The first-order valence-corrected chi connectivity index (χ1v) is 8.16. The van der Waals surface area contributed by atoms with Gasteiger partial charge in [-0.1, -0.05) is 27.7 Å². The first-order valence-electron chi connectivity index (χ1n) is 8.16. The Morgan fingerprint density at radius 2 is 1.67 bits per heavy atom. The fourth-order valence-corrected chi connectivity index (χ4v) is 2.14. The van der Waals surface area contributed by atoms with Gasteiger partial charge in [0, 0.05) is 37.1 Å². The second-order valence-corrected chi connectivity index (χ2v) is 6.66. The number of nitrogens with zero attached hydrogens (tertiary/aromatic N) is 3. The number of rotatable bonds is 9. The van der Waals surface area contributed by atoms with Crippen molar-refractivity contribution in [1.82, 2.24) is 15.3 Å². The molecule has 0 spiro atoms. The molecule has 0 bridgehead atoms. The van der Waals surface area contributed by atoms with Gasteiger partial charge in [0.1, 0.15) is 0 Å². The van der Waals surface area contributed by atoms with E-state index in [1.54, 1.807) is 0 Å². The predicted octanol–water partition coefficient (Wildman–Crippen LogP) is 3.40. The number of anilines is 1. The molecule has 0 amide bonds. The molecule has 0 unspecified atom stereocenters.